The first kappa shape index (κ1) is 23.7. The summed E-state index contributed by atoms with van der Waals surface area (Å²) in [6.07, 6.45) is 0. The van der Waals surface area contributed by atoms with Crippen molar-refractivity contribution in [3.63, 3.8) is 0 Å². The molecular weight excluding hydrogens is 366 g/mol. The third kappa shape index (κ3) is 5.37. The van der Waals surface area contributed by atoms with Crippen LogP contribution in [0.1, 0.15) is 33.3 Å². The van der Waals surface area contributed by atoms with Gasteiger partial charge in [0.05, 0.1) is 16.8 Å². The summed E-state index contributed by atoms with van der Waals surface area (Å²) >= 11 is 0. The van der Waals surface area contributed by atoms with Gasteiger partial charge in [-0.2, -0.15) is 5.26 Å². The molecule has 0 saturated heterocycles. The van der Waals surface area contributed by atoms with Crippen molar-refractivity contribution in [2.24, 2.45) is 7.05 Å². The molecule has 1 aromatic heterocycles. The van der Waals surface area contributed by atoms with Crippen LogP contribution in [-0.2, 0) is 16.6 Å². The topological polar surface area (TPSA) is 87.3 Å². The van der Waals surface area contributed by atoms with E-state index in [0.717, 1.165) is 22.2 Å². The fraction of sp³-hybridized carbons (Fsp3) is 0.304. The largest absolute Gasteiger partial charge is 0.508 e. The number of benzene rings is 2. The van der Waals surface area contributed by atoms with Gasteiger partial charge in [-0.05, 0) is 29.8 Å². The number of rotatable bonds is 4. The number of phenolic OH excluding ortho intramolecular Hbond substituents is 1. The molecule has 29 heavy (non-hydrogen) atoms. The smallest absolute Gasteiger partial charge is 0.250 e. The van der Waals surface area contributed by atoms with Crippen LogP contribution in [0.15, 0.2) is 42.5 Å². The molecule has 0 aliphatic rings. The predicted molar refractivity (Wildman–Crippen MR) is 118 cm³/mol. The van der Waals surface area contributed by atoms with Crippen molar-refractivity contribution < 1.29 is 14.6 Å². The minimum absolute atomic E-state index is 0.00692. The number of nitrogens with zero attached hydrogens (tertiary/aromatic N) is 2. The molecule has 3 aromatic rings. The molecule has 0 radical (unpaired) electrons. The first-order chi connectivity index (χ1) is 14.0. The first-order valence-corrected chi connectivity index (χ1v) is 9.66. The summed E-state index contributed by atoms with van der Waals surface area (Å²) in [5, 5.41) is 22.8. The number of aromatic nitrogens is 1. The summed E-state index contributed by atoms with van der Waals surface area (Å²) in [7, 11) is 3.32. The summed E-state index contributed by atoms with van der Waals surface area (Å²) < 4.78 is 6.67. The van der Waals surface area contributed by atoms with E-state index in [1.165, 1.54) is 7.11 Å². The lowest BCUT2D eigenvalue weighted by molar-refractivity contribution is -0.119. The Bertz CT molecular complexity index is 983. The molecule has 0 aliphatic carbocycles. The number of aryl methyl sites for hydroxylation is 1. The Kier molecular flexibility index (Phi) is 9.43. The number of methoxy groups -OCH3 is 1. The highest BCUT2D eigenvalue weighted by molar-refractivity contribution is 5.96. The molecule has 1 amide bonds. The standard InChI is InChI=1S/C19H17N3O3.2C2H6/c1-22-17-9-14(23)7-8-15(17)16(10-20)19(22)12-3-5-13(6-4-12)21-18(24)11-25-2;2*1-2/h3-9,23H,11H2,1-2H3,(H,21,24);2*1-2H3. The molecule has 2 aromatic carbocycles. The average Bonchev–Trinajstić information content (AvgIpc) is 3.03. The molecule has 6 nitrogen and oxygen atoms in total. The van der Waals surface area contributed by atoms with E-state index in [1.54, 1.807) is 30.3 Å². The van der Waals surface area contributed by atoms with E-state index in [1.807, 2.05) is 51.4 Å². The van der Waals surface area contributed by atoms with Crippen molar-refractivity contribution in [2.75, 3.05) is 19.0 Å². The summed E-state index contributed by atoms with van der Waals surface area (Å²) in [6.45, 7) is 7.99. The van der Waals surface area contributed by atoms with E-state index in [4.69, 9.17) is 4.74 Å². The van der Waals surface area contributed by atoms with Crippen LogP contribution in [-0.4, -0.2) is 29.3 Å². The third-order valence-corrected chi connectivity index (χ3v) is 4.01. The zero-order valence-corrected chi connectivity index (χ0v) is 17.9. The van der Waals surface area contributed by atoms with Crippen LogP contribution in [0.5, 0.6) is 5.75 Å². The molecule has 0 unspecified atom stereocenters. The van der Waals surface area contributed by atoms with Crippen molar-refractivity contribution in [1.82, 2.24) is 4.57 Å². The van der Waals surface area contributed by atoms with Crippen LogP contribution in [0.3, 0.4) is 0 Å². The maximum atomic E-state index is 11.6. The molecule has 1 heterocycles. The van der Waals surface area contributed by atoms with Crippen molar-refractivity contribution >= 4 is 22.5 Å². The molecular formula is C23H29N3O3. The predicted octanol–water partition coefficient (Wildman–Crippen LogP) is 5.06. The number of ether oxygens (including phenoxy) is 1. The zero-order chi connectivity index (χ0) is 22.0. The van der Waals surface area contributed by atoms with Gasteiger partial charge in [-0.3, -0.25) is 4.79 Å². The summed E-state index contributed by atoms with van der Waals surface area (Å²) in [6, 6.07) is 14.4. The van der Waals surface area contributed by atoms with Gasteiger partial charge in [-0.25, -0.2) is 0 Å². The van der Waals surface area contributed by atoms with Crippen LogP contribution in [0.4, 0.5) is 5.69 Å². The molecule has 0 saturated carbocycles. The number of amides is 1. The maximum Gasteiger partial charge on any atom is 0.250 e. The zero-order valence-electron chi connectivity index (χ0n) is 17.9. The number of anilines is 1. The average molecular weight is 396 g/mol. The fourth-order valence-electron chi connectivity index (χ4n) is 2.92. The molecule has 0 spiro atoms. The summed E-state index contributed by atoms with van der Waals surface area (Å²) in [5.41, 5.74) is 3.59. The molecule has 0 bridgehead atoms. The minimum atomic E-state index is -0.229. The Labute approximate surface area is 172 Å². The van der Waals surface area contributed by atoms with E-state index in [-0.39, 0.29) is 18.3 Å². The molecule has 0 atom stereocenters. The molecule has 0 aliphatic heterocycles. The normalized spacial score (nSPS) is 9.55. The number of phenols is 1. The van der Waals surface area contributed by atoms with Crippen LogP contribution in [0.2, 0.25) is 0 Å². The van der Waals surface area contributed by atoms with Crippen LogP contribution in [0.25, 0.3) is 22.2 Å². The number of hydrogen-bond donors (Lipinski definition) is 2. The lowest BCUT2D eigenvalue weighted by Gasteiger charge is -2.08. The molecule has 2 N–H and O–H groups in total. The SMILES string of the molecule is CC.CC.COCC(=O)Nc1ccc(-c2c(C#N)c3ccc(O)cc3n2C)cc1. The molecule has 3 rings (SSSR count). The Morgan fingerprint density at radius 3 is 2.31 bits per heavy atom. The van der Waals surface area contributed by atoms with Gasteiger partial charge in [0.15, 0.2) is 0 Å². The summed E-state index contributed by atoms with van der Waals surface area (Å²) in [4.78, 5) is 11.6. The van der Waals surface area contributed by atoms with Crippen LogP contribution < -0.4 is 5.32 Å². The minimum Gasteiger partial charge on any atom is -0.508 e. The Morgan fingerprint density at radius 2 is 1.76 bits per heavy atom. The van der Waals surface area contributed by atoms with E-state index < -0.39 is 0 Å². The fourth-order valence-corrected chi connectivity index (χ4v) is 2.92. The van der Waals surface area contributed by atoms with E-state index >= 15 is 0 Å². The maximum absolute atomic E-state index is 11.6. The van der Waals surface area contributed by atoms with E-state index in [0.29, 0.717) is 11.3 Å². The van der Waals surface area contributed by atoms with Gasteiger partial charge in [0, 0.05) is 31.3 Å². The monoisotopic (exact) mass is 395 g/mol. The van der Waals surface area contributed by atoms with Crippen LogP contribution in [0, 0.1) is 11.3 Å². The van der Waals surface area contributed by atoms with Gasteiger partial charge >= 0.3 is 0 Å². The lowest BCUT2D eigenvalue weighted by Crippen LogP contribution is -2.16. The van der Waals surface area contributed by atoms with Gasteiger partial charge in [0.2, 0.25) is 5.91 Å². The molecule has 6 heteroatoms. The molecule has 0 fully saturated rings. The highest BCUT2D eigenvalue weighted by Gasteiger charge is 2.17. The molecule has 154 valence electrons. The summed E-state index contributed by atoms with van der Waals surface area (Å²) in [5.74, 6) is -0.0756. The Hall–Kier alpha value is -3.30. The number of aromatic hydroxyl groups is 1. The number of nitriles is 1. The van der Waals surface area contributed by atoms with Gasteiger partial charge in [0.1, 0.15) is 18.4 Å². The highest BCUT2D eigenvalue weighted by atomic mass is 16.5. The number of carbonyl (C=O) groups is 1. The second kappa shape index (κ2) is 11.5. The number of fused-ring (bicyclic) bond motifs is 1. The quantitative estimate of drug-likeness (QED) is 0.646. The second-order valence-electron chi connectivity index (χ2n) is 5.65. The van der Waals surface area contributed by atoms with Crippen molar-refractivity contribution in [1.29, 1.82) is 5.26 Å². The number of nitrogens with one attached hydrogen (secondary N) is 1. The first-order valence-electron chi connectivity index (χ1n) is 9.66. The second-order valence-corrected chi connectivity index (χ2v) is 5.65. The number of hydrogen-bond acceptors (Lipinski definition) is 4. The number of carbonyl (C=O) groups excluding carboxylic acids is 1. The van der Waals surface area contributed by atoms with Gasteiger partial charge in [-0.1, -0.05) is 39.8 Å². The van der Waals surface area contributed by atoms with Crippen molar-refractivity contribution in [2.45, 2.75) is 27.7 Å². The van der Waals surface area contributed by atoms with Crippen molar-refractivity contribution in [3.8, 4) is 23.1 Å². The highest BCUT2D eigenvalue weighted by Crippen LogP contribution is 2.34. The van der Waals surface area contributed by atoms with Crippen LogP contribution >= 0.6 is 0 Å². The van der Waals surface area contributed by atoms with Gasteiger partial charge in [0.25, 0.3) is 0 Å². The van der Waals surface area contributed by atoms with E-state index in [2.05, 4.69) is 11.4 Å². The van der Waals surface area contributed by atoms with E-state index in [9.17, 15) is 15.2 Å². The van der Waals surface area contributed by atoms with Gasteiger partial charge < -0.3 is 19.7 Å². The Morgan fingerprint density at radius 1 is 1.14 bits per heavy atom. The van der Waals surface area contributed by atoms with Gasteiger partial charge in [-0.15, -0.1) is 0 Å². The Balaban J connectivity index is 0.000000989. The third-order valence-electron chi connectivity index (χ3n) is 4.01. The van der Waals surface area contributed by atoms with Crippen molar-refractivity contribution in [3.05, 3.63) is 48.0 Å². The lowest BCUT2D eigenvalue weighted by atomic mass is 10.1.